The second kappa shape index (κ2) is 16.7. The number of benzene rings is 3. The topological polar surface area (TPSA) is 119 Å². The second-order valence-corrected chi connectivity index (χ2v) is 14.5. The van der Waals surface area contributed by atoms with Crippen molar-refractivity contribution in [2.24, 2.45) is 0 Å². The Bertz CT molecular complexity index is 1920. The predicted octanol–water partition coefficient (Wildman–Crippen LogP) is 4.55. The quantitative estimate of drug-likeness (QED) is 0.131. The maximum absolute atomic E-state index is 15.0. The van der Waals surface area contributed by atoms with Gasteiger partial charge in [-0.1, -0.05) is 24.3 Å². The van der Waals surface area contributed by atoms with Gasteiger partial charge >= 0.3 is 0 Å². The van der Waals surface area contributed by atoms with E-state index in [1.165, 1.54) is 0 Å². The number of halogens is 3. The van der Waals surface area contributed by atoms with Crippen LogP contribution < -0.4 is 24.8 Å². The maximum atomic E-state index is 15.0. The Hall–Kier alpha value is -5.08. The number of nitrogens with zero attached hydrogens (tertiary/aromatic N) is 2. The second-order valence-electron chi connectivity index (χ2n) is 14.5. The molecule has 55 heavy (non-hydrogen) atoms. The summed E-state index contributed by atoms with van der Waals surface area (Å²) in [4.78, 5) is 43.4. The number of rotatable bonds is 15. The molecule has 3 heterocycles. The molecule has 1 aliphatic carbocycles. The van der Waals surface area contributed by atoms with Crippen LogP contribution in [-0.4, -0.2) is 98.8 Å². The van der Waals surface area contributed by atoms with E-state index in [2.05, 4.69) is 10.6 Å². The third kappa shape index (κ3) is 8.60. The molecule has 2 N–H and O–H groups in total. The molecule has 7 rings (SSSR count). The molecule has 3 aromatic rings. The first-order chi connectivity index (χ1) is 26.6. The molecule has 1 unspecified atom stereocenters. The molecule has 2 amide bonds. The average Bonchev–Trinajstić information content (AvgIpc) is 3.94. The highest BCUT2D eigenvalue weighted by molar-refractivity contribution is 6.03. The molecule has 1 saturated carbocycles. The third-order valence-corrected chi connectivity index (χ3v) is 10.8. The Kier molecular flexibility index (Phi) is 11.6. The lowest BCUT2D eigenvalue weighted by Crippen LogP contribution is -2.63. The molecule has 4 aliphatic rings. The van der Waals surface area contributed by atoms with Crippen molar-refractivity contribution in [2.45, 2.75) is 75.3 Å². The van der Waals surface area contributed by atoms with Gasteiger partial charge in [-0.2, -0.15) is 4.39 Å². The van der Waals surface area contributed by atoms with Crippen LogP contribution in [0.5, 0.6) is 17.2 Å². The van der Waals surface area contributed by atoms with Crippen molar-refractivity contribution in [2.75, 3.05) is 40.5 Å². The molecule has 2 saturated heterocycles. The number of methoxy groups -OCH3 is 2. The SMILES string of the molecule is COc1cc(CN(C(=O)C2=C(c3ccc(CCCOc4c(F)ccc(F)c4F)cc3)C[C@H]3CN(C(=O)C4C[C@@H](OC=O)CN4)C[C@@H]2N3)C2CC2)cc(OC)c1. The van der Waals surface area contributed by atoms with E-state index in [1.54, 1.807) is 20.3 Å². The van der Waals surface area contributed by atoms with Gasteiger partial charge in [0.05, 0.1) is 32.9 Å². The summed E-state index contributed by atoms with van der Waals surface area (Å²) >= 11 is 0. The van der Waals surface area contributed by atoms with Crippen LogP contribution in [0.15, 0.2) is 60.2 Å². The summed E-state index contributed by atoms with van der Waals surface area (Å²) < 4.78 is 63.0. The molecule has 3 aliphatic heterocycles. The molecule has 292 valence electrons. The van der Waals surface area contributed by atoms with Gasteiger partial charge in [0.15, 0.2) is 17.4 Å². The molecular formula is C41H45F3N4O7. The minimum absolute atomic E-state index is 0.00952. The monoisotopic (exact) mass is 762 g/mol. The zero-order chi connectivity index (χ0) is 38.6. The van der Waals surface area contributed by atoms with Gasteiger partial charge in [-0.05, 0) is 78.6 Å². The molecule has 3 aromatic carbocycles. The summed E-state index contributed by atoms with van der Waals surface area (Å²) in [7, 11) is 3.18. The number of amides is 2. The first-order valence-corrected chi connectivity index (χ1v) is 18.6. The average molecular weight is 763 g/mol. The fraction of sp³-hybridized carbons (Fsp3) is 0.439. The van der Waals surface area contributed by atoms with E-state index in [1.807, 2.05) is 46.2 Å². The van der Waals surface area contributed by atoms with E-state index in [4.69, 9.17) is 18.9 Å². The van der Waals surface area contributed by atoms with Crippen molar-refractivity contribution >= 4 is 23.9 Å². The van der Waals surface area contributed by atoms with Crippen molar-refractivity contribution in [1.82, 2.24) is 20.4 Å². The third-order valence-electron chi connectivity index (χ3n) is 10.8. The van der Waals surface area contributed by atoms with E-state index < -0.39 is 35.3 Å². The number of carbonyl (C=O) groups excluding carboxylic acids is 3. The van der Waals surface area contributed by atoms with Gasteiger partial charge < -0.3 is 39.4 Å². The van der Waals surface area contributed by atoms with E-state index in [0.29, 0.717) is 75.4 Å². The summed E-state index contributed by atoms with van der Waals surface area (Å²) in [5, 5.41) is 6.84. The number of fused-ring (bicyclic) bond motifs is 2. The highest BCUT2D eigenvalue weighted by atomic mass is 19.2. The van der Waals surface area contributed by atoms with Gasteiger partial charge in [0.1, 0.15) is 17.6 Å². The number of aryl methyl sites for hydroxylation is 1. The van der Waals surface area contributed by atoms with Crippen LogP contribution in [0.4, 0.5) is 13.2 Å². The summed E-state index contributed by atoms with van der Waals surface area (Å²) in [6, 6.07) is 14.1. The Morgan fingerprint density at radius 2 is 1.67 bits per heavy atom. The van der Waals surface area contributed by atoms with E-state index in [9.17, 15) is 27.6 Å². The standard InChI is InChI=1S/C41H45F3N4O7/c1-52-29-14-25(15-30(17-29)53-2)20-48(28-9-10-28)41(51)37-32(16-27-21-47(22-36(37)46-27)40(50)35-18-31(19-45-35)55-23-49)26-7-5-24(6-8-26)4-3-13-54-39-34(43)12-11-33(42)38(39)44/h5-8,11-12,14-15,17,23,27-28,31,35-36,45-46H,3-4,9-10,13,16,18-22H2,1-2H3/t27-,31+,35?,36-/m0/s1. The summed E-state index contributed by atoms with van der Waals surface area (Å²) in [5.41, 5.74) is 4.27. The summed E-state index contributed by atoms with van der Waals surface area (Å²) in [5.74, 6) is -3.13. The van der Waals surface area contributed by atoms with Crippen LogP contribution in [0.3, 0.4) is 0 Å². The molecule has 4 atom stereocenters. The highest BCUT2D eigenvalue weighted by Crippen LogP contribution is 2.38. The smallest absolute Gasteiger partial charge is 0.293 e. The first kappa shape index (κ1) is 38.2. The van der Waals surface area contributed by atoms with Crippen molar-refractivity contribution in [1.29, 1.82) is 0 Å². The Labute approximate surface area is 317 Å². The summed E-state index contributed by atoms with van der Waals surface area (Å²) in [6.07, 6.45) is 3.28. The van der Waals surface area contributed by atoms with Crippen LogP contribution in [0, 0.1) is 17.5 Å². The Morgan fingerprint density at radius 1 is 0.945 bits per heavy atom. The van der Waals surface area contributed by atoms with Gasteiger partial charge in [0, 0.05) is 56.3 Å². The first-order valence-electron chi connectivity index (χ1n) is 18.6. The molecule has 14 heteroatoms. The normalized spacial score (nSPS) is 21.9. The van der Waals surface area contributed by atoms with Crippen LogP contribution in [0.2, 0.25) is 0 Å². The largest absolute Gasteiger partial charge is 0.497 e. The lowest BCUT2D eigenvalue weighted by atomic mass is 9.82. The fourth-order valence-electron chi connectivity index (χ4n) is 7.87. The van der Waals surface area contributed by atoms with Crippen molar-refractivity contribution in [3.8, 4) is 17.2 Å². The molecular weight excluding hydrogens is 717 g/mol. The van der Waals surface area contributed by atoms with Crippen LogP contribution in [-0.2, 0) is 32.1 Å². The number of hydrogen-bond donors (Lipinski definition) is 2. The molecule has 3 fully saturated rings. The van der Waals surface area contributed by atoms with Gasteiger partial charge in [-0.3, -0.25) is 14.4 Å². The van der Waals surface area contributed by atoms with E-state index in [0.717, 1.165) is 47.2 Å². The molecule has 11 nitrogen and oxygen atoms in total. The number of piperazine rings is 1. The van der Waals surface area contributed by atoms with Gasteiger partial charge in [-0.15, -0.1) is 0 Å². The molecule has 0 radical (unpaired) electrons. The van der Waals surface area contributed by atoms with Crippen molar-refractivity contribution in [3.05, 3.63) is 94.3 Å². The minimum atomic E-state index is -1.35. The zero-order valence-electron chi connectivity index (χ0n) is 30.8. The van der Waals surface area contributed by atoms with E-state index in [-0.39, 0.29) is 36.6 Å². The van der Waals surface area contributed by atoms with Gasteiger partial charge in [0.2, 0.25) is 11.7 Å². The lowest BCUT2D eigenvalue weighted by Gasteiger charge is -2.45. The fourth-order valence-corrected chi connectivity index (χ4v) is 7.87. The predicted molar refractivity (Wildman–Crippen MR) is 196 cm³/mol. The van der Waals surface area contributed by atoms with Gasteiger partial charge in [0.25, 0.3) is 12.4 Å². The van der Waals surface area contributed by atoms with Crippen LogP contribution >= 0.6 is 0 Å². The number of nitrogens with one attached hydrogen (secondary N) is 2. The van der Waals surface area contributed by atoms with Crippen molar-refractivity contribution < 1.29 is 46.5 Å². The van der Waals surface area contributed by atoms with Crippen LogP contribution in [0.1, 0.15) is 48.8 Å². The van der Waals surface area contributed by atoms with Crippen molar-refractivity contribution in [3.63, 3.8) is 0 Å². The number of hydrogen-bond acceptors (Lipinski definition) is 9. The Morgan fingerprint density at radius 3 is 2.36 bits per heavy atom. The zero-order valence-corrected chi connectivity index (χ0v) is 30.8. The van der Waals surface area contributed by atoms with E-state index >= 15 is 0 Å². The summed E-state index contributed by atoms with van der Waals surface area (Å²) in [6.45, 7) is 1.91. The molecule has 2 bridgehead atoms. The van der Waals surface area contributed by atoms with Crippen LogP contribution in [0.25, 0.3) is 5.57 Å². The molecule has 0 aromatic heterocycles. The lowest BCUT2D eigenvalue weighted by molar-refractivity contribution is -0.137. The minimum Gasteiger partial charge on any atom is -0.497 e. The Balaban J connectivity index is 1.14. The van der Waals surface area contributed by atoms with Gasteiger partial charge in [-0.25, -0.2) is 8.78 Å². The maximum Gasteiger partial charge on any atom is 0.293 e. The highest BCUT2D eigenvalue weighted by Gasteiger charge is 2.45. The molecule has 0 spiro atoms. The number of ether oxygens (including phenoxy) is 4. The number of carbonyl (C=O) groups is 3.